The molecule has 3 aromatic carbocycles. The first kappa shape index (κ1) is 25.9. The van der Waals surface area contributed by atoms with Crippen LogP contribution in [0.2, 0.25) is 0 Å². The first-order chi connectivity index (χ1) is 18.3. The lowest BCUT2D eigenvalue weighted by Crippen LogP contribution is -2.41. The quantitative estimate of drug-likeness (QED) is 0.430. The van der Waals surface area contributed by atoms with Crippen LogP contribution in [0.5, 0.6) is 5.75 Å². The van der Waals surface area contributed by atoms with Crippen molar-refractivity contribution < 1.29 is 28.2 Å². The molecule has 8 heteroatoms. The molecule has 1 N–H and O–H groups in total. The average Bonchev–Trinajstić information content (AvgIpc) is 3.22. The van der Waals surface area contributed by atoms with Gasteiger partial charge in [-0.3, -0.25) is 9.69 Å². The minimum absolute atomic E-state index is 0.0627. The van der Waals surface area contributed by atoms with Crippen molar-refractivity contribution in [2.24, 2.45) is 5.41 Å². The second kappa shape index (κ2) is 10.5. The van der Waals surface area contributed by atoms with Gasteiger partial charge in [-0.15, -0.1) is 0 Å². The molecule has 0 unspecified atom stereocenters. The normalized spacial score (nSPS) is 17.2. The molecule has 0 radical (unpaired) electrons. The molecule has 38 heavy (non-hydrogen) atoms. The summed E-state index contributed by atoms with van der Waals surface area (Å²) in [5.74, 6) is -2.07. The van der Waals surface area contributed by atoms with Crippen molar-refractivity contribution in [2.45, 2.75) is 32.7 Å². The summed E-state index contributed by atoms with van der Waals surface area (Å²) in [6, 6.07) is 16.2. The van der Waals surface area contributed by atoms with Crippen molar-refractivity contribution in [3.8, 4) is 16.9 Å². The number of carboxylic acids is 1. The monoisotopic (exact) mass is 520 g/mol. The first-order valence-electron chi connectivity index (χ1n) is 12.8. The molecular formula is C30H30F2N2O4. The van der Waals surface area contributed by atoms with Gasteiger partial charge in [-0.05, 0) is 97.9 Å². The highest BCUT2D eigenvalue weighted by molar-refractivity contribution is 5.97. The predicted octanol–water partition coefficient (Wildman–Crippen LogP) is 5.75. The maximum Gasteiger partial charge on any atom is 0.335 e. The Bertz CT molecular complexity index is 1350. The number of benzene rings is 3. The average molecular weight is 521 g/mol. The fraction of sp³-hybridized carbons (Fsp3) is 0.333. The number of piperidine rings is 1. The maximum absolute atomic E-state index is 14.5. The second-order valence-corrected chi connectivity index (χ2v) is 10.2. The van der Waals surface area contributed by atoms with Gasteiger partial charge in [0.05, 0.1) is 12.2 Å². The highest BCUT2D eigenvalue weighted by Gasteiger charge is 2.45. The molecule has 1 amide bonds. The van der Waals surface area contributed by atoms with Crippen LogP contribution in [0.15, 0.2) is 60.7 Å². The summed E-state index contributed by atoms with van der Waals surface area (Å²) in [4.78, 5) is 28.1. The van der Waals surface area contributed by atoms with Gasteiger partial charge < -0.3 is 14.7 Å². The molecule has 2 aliphatic rings. The van der Waals surface area contributed by atoms with Gasteiger partial charge in [0.25, 0.3) is 0 Å². The lowest BCUT2D eigenvalue weighted by atomic mass is 9.77. The van der Waals surface area contributed by atoms with Gasteiger partial charge >= 0.3 is 5.97 Å². The molecule has 198 valence electrons. The molecule has 0 aromatic heterocycles. The zero-order valence-corrected chi connectivity index (χ0v) is 21.3. The summed E-state index contributed by atoms with van der Waals surface area (Å²) in [7, 11) is 0. The Morgan fingerprint density at radius 1 is 1.05 bits per heavy atom. The number of aromatic carboxylic acids is 1. The number of ether oxygens (including phenoxy) is 1. The highest BCUT2D eigenvalue weighted by Crippen LogP contribution is 2.43. The molecule has 0 saturated carbocycles. The van der Waals surface area contributed by atoms with Gasteiger partial charge in [0.15, 0.2) is 11.6 Å². The SMILES string of the molecule is CCOc1cc(CN2CCC3(CC2)CC(=O)N(c2ccc(C(=O)O)cc2)C3)cc(-c2cccc(F)c2F)c1. The van der Waals surface area contributed by atoms with Crippen LogP contribution < -0.4 is 9.64 Å². The molecule has 2 aliphatic heterocycles. The Kier molecular flexibility index (Phi) is 7.17. The van der Waals surface area contributed by atoms with Crippen LogP contribution in [-0.4, -0.2) is 48.1 Å². The molecule has 0 bridgehead atoms. The van der Waals surface area contributed by atoms with E-state index in [0.717, 1.165) is 43.2 Å². The predicted molar refractivity (Wildman–Crippen MR) is 140 cm³/mol. The van der Waals surface area contributed by atoms with Crippen molar-refractivity contribution in [2.75, 3.05) is 31.1 Å². The highest BCUT2D eigenvalue weighted by atomic mass is 19.2. The van der Waals surface area contributed by atoms with Gasteiger partial charge in [0, 0.05) is 30.8 Å². The van der Waals surface area contributed by atoms with Crippen LogP contribution in [0.3, 0.4) is 0 Å². The lowest BCUT2D eigenvalue weighted by molar-refractivity contribution is -0.118. The van der Waals surface area contributed by atoms with E-state index in [1.54, 1.807) is 29.2 Å². The Labute approximate surface area is 220 Å². The smallest absolute Gasteiger partial charge is 0.335 e. The molecule has 3 aromatic rings. The molecule has 1 spiro atoms. The van der Waals surface area contributed by atoms with E-state index in [2.05, 4.69) is 4.90 Å². The molecule has 2 heterocycles. The first-order valence-corrected chi connectivity index (χ1v) is 12.8. The minimum atomic E-state index is -0.992. The fourth-order valence-corrected chi connectivity index (χ4v) is 5.58. The third-order valence-corrected chi connectivity index (χ3v) is 7.61. The number of rotatable bonds is 7. The van der Waals surface area contributed by atoms with Crippen LogP contribution in [0.25, 0.3) is 11.1 Å². The van der Waals surface area contributed by atoms with Gasteiger partial charge in [-0.1, -0.05) is 12.1 Å². The standard InChI is InChI=1S/C30H30F2N2O4/c1-2-38-24-15-20(14-22(16-24)25-4-3-5-26(31)28(25)32)18-33-12-10-30(11-13-33)17-27(35)34(19-30)23-8-6-21(7-9-23)29(36)37/h3-9,14-16H,2,10-13,17-19H2,1H3,(H,36,37). The van der Waals surface area contributed by atoms with Crippen LogP contribution >= 0.6 is 0 Å². The topological polar surface area (TPSA) is 70.1 Å². The van der Waals surface area contributed by atoms with E-state index in [1.165, 1.54) is 18.2 Å². The number of hydrogen-bond acceptors (Lipinski definition) is 4. The van der Waals surface area contributed by atoms with Gasteiger partial charge in [0.2, 0.25) is 5.91 Å². The Hall–Kier alpha value is -3.78. The van der Waals surface area contributed by atoms with Crippen molar-refractivity contribution in [3.63, 3.8) is 0 Å². The number of nitrogens with zero attached hydrogens (tertiary/aromatic N) is 2. The number of halogens is 2. The van der Waals surface area contributed by atoms with E-state index in [0.29, 0.717) is 37.4 Å². The third-order valence-electron chi connectivity index (χ3n) is 7.61. The summed E-state index contributed by atoms with van der Waals surface area (Å²) in [6.45, 7) is 5.21. The van der Waals surface area contributed by atoms with E-state index in [4.69, 9.17) is 9.84 Å². The lowest BCUT2D eigenvalue weighted by Gasteiger charge is -2.39. The summed E-state index contributed by atoms with van der Waals surface area (Å²) in [5, 5.41) is 9.14. The number of likely N-dealkylation sites (tertiary alicyclic amines) is 1. The molecule has 0 atom stereocenters. The van der Waals surface area contributed by atoms with E-state index in [9.17, 15) is 18.4 Å². The van der Waals surface area contributed by atoms with Crippen LogP contribution in [0.4, 0.5) is 14.5 Å². The number of carbonyl (C=O) groups is 2. The van der Waals surface area contributed by atoms with E-state index in [-0.39, 0.29) is 22.4 Å². The largest absolute Gasteiger partial charge is 0.494 e. The Morgan fingerprint density at radius 2 is 1.79 bits per heavy atom. The zero-order valence-electron chi connectivity index (χ0n) is 21.3. The van der Waals surface area contributed by atoms with Gasteiger partial charge in [0.1, 0.15) is 5.75 Å². The molecule has 2 saturated heterocycles. The van der Waals surface area contributed by atoms with Gasteiger partial charge in [-0.25, -0.2) is 13.6 Å². The molecule has 0 aliphatic carbocycles. The Morgan fingerprint density at radius 3 is 2.47 bits per heavy atom. The maximum atomic E-state index is 14.5. The number of carbonyl (C=O) groups excluding carboxylic acids is 1. The fourth-order valence-electron chi connectivity index (χ4n) is 5.58. The van der Waals surface area contributed by atoms with Crippen molar-refractivity contribution in [1.29, 1.82) is 0 Å². The van der Waals surface area contributed by atoms with Crippen LogP contribution in [-0.2, 0) is 11.3 Å². The number of hydrogen-bond donors (Lipinski definition) is 1. The summed E-state index contributed by atoms with van der Waals surface area (Å²) < 4.78 is 34.1. The number of amides is 1. The second-order valence-electron chi connectivity index (χ2n) is 10.2. The minimum Gasteiger partial charge on any atom is -0.494 e. The summed E-state index contributed by atoms with van der Waals surface area (Å²) >= 11 is 0. The summed E-state index contributed by atoms with van der Waals surface area (Å²) in [5.41, 5.74) is 2.54. The van der Waals surface area contributed by atoms with E-state index < -0.39 is 17.6 Å². The molecule has 2 fully saturated rings. The summed E-state index contributed by atoms with van der Waals surface area (Å²) in [6.07, 6.45) is 2.20. The molecule has 5 rings (SSSR count). The Balaban J connectivity index is 1.28. The number of anilines is 1. The molecular weight excluding hydrogens is 490 g/mol. The zero-order chi connectivity index (χ0) is 26.9. The molecule has 6 nitrogen and oxygen atoms in total. The number of carboxylic acid groups (broad SMARTS) is 1. The van der Waals surface area contributed by atoms with Crippen molar-refractivity contribution in [3.05, 3.63) is 83.4 Å². The van der Waals surface area contributed by atoms with E-state index in [1.807, 2.05) is 19.1 Å². The van der Waals surface area contributed by atoms with E-state index >= 15 is 0 Å². The van der Waals surface area contributed by atoms with Crippen LogP contribution in [0, 0.1) is 17.0 Å². The van der Waals surface area contributed by atoms with Crippen molar-refractivity contribution >= 4 is 17.6 Å². The third kappa shape index (κ3) is 5.27. The van der Waals surface area contributed by atoms with Crippen LogP contribution in [0.1, 0.15) is 42.1 Å². The van der Waals surface area contributed by atoms with Gasteiger partial charge in [-0.2, -0.15) is 0 Å². The van der Waals surface area contributed by atoms with Crippen molar-refractivity contribution in [1.82, 2.24) is 4.90 Å².